The number of sulfonamides is 1. The van der Waals surface area contributed by atoms with Crippen LogP contribution in [0.25, 0.3) is 11.0 Å². The number of anilines is 1. The largest absolute Gasteiger partial charge is 0.369 e. The van der Waals surface area contributed by atoms with Gasteiger partial charge < -0.3 is 16.8 Å². The van der Waals surface area contributed by atoms with E-state index < -0.39 is 21.9 Å². The second kappa shape index (κ2) is 9.77. The summed E-state index contributed by atoms with van der Waals surface area (Å²) < 4.78 is 28.7. The maximum atomic E-state index is 13.2. The average Bonchev–Trinajstić information content (AvgIpc) is 2.82. The Morgan fingerprint density at radius 1 is 0.943 bits per heavy atom. The second-order valence-corrected chi connectivity index (χ2v) is 9.27. The number of guanidine groups is 1. The summed E-state index contributed by atoms with van der Waals surface area (Å²) in [5.74, 6) is -1.04. The molecule has 5 N–H and O–H groups in total. The summed E-state index contributed by atoms with van der Waals surface area (Å²) in [4.78, 5) is 30.4. The van der Waals surface area contributed by atoms with E-state index in [9.17, 15) is 18.0 Å². The third-order valence-electron chi connectivity index (χ3n) is 5.10. The van der Waals surface area contributed by atoms with Crippen molar-refractivity contribution in [2.45, 2.75) is 17.9 Å². The molecule has 1 heterocycles. The molecule has 1 amide bonds. The minimum absolute atomic E-state index is 0.134. The standard InChI is InChI=1S/C24H22N6O4S/c25-24(26)29-35(33,34)18-12-10-17(11-13-18)27-22(31)15-30-21-9-5-4-8-19(21)28-20(23(30)32)14-16-6-2-1-3-7-16/h1-13H,14-15H2,(H,27,31)(H4,25,26,29). The van der Waals surface area contributed by atoms with E-state index in [2.05, 4.69) is 14.7 Å². The maximum Gasteiger partial charge on any atom is 0.285 e. The monoisotopic (exact) mass is 490 g/mol. The van der Waals surface area contributed by atoms with Crippen molar-refractivity contribution < 1.29 is 13.2 Å². The summed E-state index contributed by atoms with van der Waals surface area (Å²) in [5, 5.41) is 2.67. The Morgan fingerprint density at radius 2 is 1.60 bits per heavy atom. The minimum atomic E-state index is -4.04. The molecule has 0 saturated carbocycles. The van der Waals surface area contributed by atoms with Gasteiger partial charge in [0.25, 0.3) is 15.6 Å². The van der Waals surface area contributed by atoms with Crippen LogP contribution in [0.5, 0.6) is 0 Å². The van der Waals surface area contributed by atoms with Gasteiger partial charge in [0.1, 0.15) is 12.2 Å². The van der Waals surface area contributed by atoms with E-state index in [1.54, 1.807) is 18.2 Å². The number of para-hydroxylation sites is 2. The Hall–Kier alpha value is -4.51. The van der Waals surface area contributed by atoms with Gasteiger partial charge in [0.15, 0.2) is 0 Å². The van der Waals surface area contributed by atoms with Crippen LogP contribution in [0.1, 0.15) is 11.3 Å². The zero-order valence-electron chi connectivity index (χ0n) is 18.5. The third-order valence-corrected chi connectivity index (χ3v) is 6.42. The molecule has 11 heteroatoms. The van der Waals surface area contributed by atoms with Crippen LogP contribution in [0.2, 0.25) is 0 Å². The molecule has 0 spiro atoms. The highest BCUT2D eigenvalue weighted by molar-refractivity contribution is 7.90. The first kappa shape index (κ1) is 23.6. The van der Waals surface area contributed by atoms with Crippen LogP contribution in [-0.2, 0) is 27.8 Å². The molecule has 0 aliphatic heterocycles. The highest BCUT2D eigenvalue weighted by atomic mass is 32.2. The molecule has 0 aliphatic carbocycles. The molecule has 4 rings (SSSR count). The van der Waals surface area contributed by atoms with Gasteiger partial charge in [0.2, 0.25) is 11.9 Å². The van der Waals surface area contributed by atoms with Crippen LogP contribution in [0.4, 0.5) is 5.69 Å². The molecular formula is C24H22N6O4S. The number of fused-ring (bicyclic) bond motifs is 1. The van der Waals surface area contributed by atoms with Gasteiger partial charge in [-0.2, -0.15) is 8.42 Å². The summed E-state index contributed by atoms with van der Waals surface area (Å²) in [6, 6.07) is 21.9. The maximum absolute atomic E-state index is 13.2. The lowest BCUT2D eigenvalue weighted by Crippen LogP contribution is -2.31. The van der Waals surface area contributed by atoms with Crippen molar-refractivity contribution in [1.82, 2.24) is 9.55 Å². The predicted molar refractivity (Wildman–Crippen MR) is 133 cm³/mol. The molecule has 178 valence electrons. The van der Waals surface area contributed by atoms with Crippen LogP contribution >= 0.6 is 0 Å². The molecule has 0 unspecified atom stereocenters. The summed E-state index contributed by atoms with van der Waals surface area (Å²) >= 11 is 0. The van der Waals surface area contributed by atoms with Gasteiger partial charge in [-0.1, -0.05) is 42.5 Å². The van der Waals surface area contributed by atoms with Gasteiger partial charge in [-0.25, -0.2) is 4.98 Å². The number of hydrogen-bond donors (Lipinski definition) is 3. The smallest absolute Gasteiger partial charge is 0.285 e. The van der Waals surface area contributed by atoms with Gasteiger partial charge in [0, 0.05) is 12.1 Å². The SMILES string of the molecule is NC(N)=NS(=O)(=O)c1ccc(NC(=O)Cn2c(=O)c(Cc3ccccc3)nc3ccccc32)cc1. The molecule has 3 aromatic carbocycles. The molecule has 4 aromatic rings. The van der Waals surface area contributed by atoms with E-state index >= 15 is 0 Å². The van der Waals surface area contributed by atoms with Gasteiger partial charge in [-0.3, -0.25) is 14.2 Å². The lowest BCUT2D eigenvalue weighted by molar-refractivity contribution is -0.116. The summed E-state index contributed by atoms with van der Waals surface area (Å²) in [7, 11) is -4.04. The summed E-state index contributed by atoms with van der Waals surface area (Å²) in [6.07, 6.45) is 0.331. The minimum Gasteiger partial charge on any atom is -0.369 e. The molecular weight excluding hydrogens is 468 g/mol. The van der Waals surface area contributed by atoms with Crippen LogP contribution in [0.15, 0.2) is 93.0 Å². The topological polar surface area (TPSA) is 163 Å². The fraction of sp³-hybridized carbons (Fsp3) is 0.0833. The Morgan fingerprint density at radius 3 is 2.29 bits per heavy atom. The van der Waals surface area contributed by atoms with Crippen LogP contribution < -0.4 is 22.3 Å². The number of carbonyl (C=O) groups is 1. The van der Waals surface area contributed by atoms with Crippen molar-refractivity contribution in [3.8, 4) is 0 Å². The Bertz CT molecular complexity index is 1580. The number of carbonyl (C=O) groups excluding carboxylic acids is 1. The zero-order valence-corrected chi connectivity index (χ0v) is 19.3. The number of hydrogen-bond acceptors (Lipinski definition) is 5. The molecule has 1 aromatic heterocycles. The van der Waals surface area contributed by atoms with Gasteiger partial charge in [0.05, 0.1) is 15.9 Å². The lowest BCUT2D eigenvalue weighted by Gasteiger charge is -2.13. The average molecular weight is 491 g/mol. The molecule has 0 bridgehead atoms. The lowest BCUT2D eigenvalue weighted by atomic mass is 10.1. The summed E-state index contributed by atoms with van der Waals surface area (Å²) in [6.45, 7) is -0.252. The van der Waals surface area contributed by atoms with E-state index in [1.807, 2.05) is 36.4 Å². The number of aromatic nitrogens is 2. The van der Waals surface area contributed by atoms with E-state index in [4.69, 9.17) is 11.5 Å². The fourth-order valence-electron chi connectivity index (χ4n) is 3.55. The van der Waals surface area contributed by atoms with Crippen molar-refractivity contribution >= 4 is 38.6 Å². The van der Waals surface area contributed by atoms with E-state index in [0.717, 1.165) is 5.56 Å². The highest BCUT2D eigenvalue weighted by Crippen LogP contribution is 2.17. The summed E-state index contributed by atoms with van der Waals surface area (Å²) in [5.41, 5.74) is 12.7. The zero-order chi connectivity index (χ0) is 25.0. The number of nitrogens with two attached hydrogens (primary N) is 2. The number of nitrogens with zero attached hydrogens (tertiary/aromatic N) is 3. The normalized spacial score (nSPS) is 11.2. The van der Waals surface area contributed by atoms with Gasteiger partial charge >= 0.3 is 0 Å². The van der Waals surface area contributed by atoms with Crippen LogP contribution in [0, 0.1) is 0 Å². The highest BCUT2D eigenvalue weighted by Gasteiger charge is 2.16. The Labute approximate surface area is 201 Å². The predicted octanol–water partition coefficient (Wildman–Crippen LogP) is 1.59. The van der Waals surface area contributed by atoms with Crippen molar-refractivity contribution in [2.24, 2.45) is 15.9 Å². The fourth-order valence-corrected chi connectivity index (χ4v) is 4.42. The first-order valence-corrected chi connectivity index (χ1v) is 12.0. The van der Waals surface area contributed by atoms with Crippen molar-refractivity contribution in [3.63, 3.8) is 0 Å². The molecule has 10 nitrogen and oxygen atoms in total. The number of rotatable bonds is 7. The van der Waals surface area contributed by atoms with Gasteiger partial charge in [-0.15, -0.1) is 4.40 Å². The molecule has 0 fully saturated rings. The number of nitrogens with one attached hydrogen (secondary N) is 1. The second-order valence-electron chi connectivity index (χ2n) is 7.66. The van der Waals surface area contributed by atoms with E-state index in [0.29, 0.717) is 28.8 Å². The first-order valence-electron chi connectivity index (χ1n) is 10.5. The molecule has 35 heavy (non-hydrogen) atoms. The van der Waals surface area contributed by atoms with E-state index in [1.165, 1.54) is 28.8 Å². The van der Waals surface area contributed by atoms with Crippen LogP contribution in [-0.4, -0.2) is 29.8 Å². The van der Waals surface area contributed by atoms with Crippen LogP contribution in [0.3, 0.4) is 0 Å². The van der Waals surface area contributed by atoms with Crippen molar-refractivity contribution in [1.29, 1.82) is 0 Å². The molecule has 0 atom stereocenters. The molecule has 0 saturated heterocycles. The Balaban J connectivity index is 1.59. The van der Waals surface area contributed by atoms with Crippen molar-refractivity contribution in [3.05, 3.63) is 100 Å². The molecule has 0 radical (unpaired) electrons. The molecule has 0 aliphatic rings. The van der Waals surface area contributed by atoms with Crippen molar-refractivity contribution in [2.75, 3.05) is 5.32 Å². The quantitative estimate of drug-likeness (QED) is 0.262. The third kappa shape index (κ3) is 5.53. The van der Waals surface area contributed by atoms with Gasteiger partial charge in [-0.05, 0) is 42.0 Å². The number of benzene rings is 3. The Kier molecular flexibility index (Phi) is 6.60. The van der Waals surface area contributed by atoms with E-state index in [-0.39, 0.29) is 17.0 Å². The first-order chi connectivity index (χ1) is 16.7. The number of amides is 1.